The Morgan fingerprint density at radius 1 is 1.33 bits per heavy atom. The van der Waals surface area contributed by atoms with Gasteiger partial charge in [0.05, 0.1) is 6.04 Å². The van der Waals surface area contributed by atoms with Gasteiger partial charge in [-0.3, -0.25) is 10.1 Å². The largest absolute Gasteiger partial charge is 0.338 e. The second kappa shape index (κ2) is 3.80. The number of hydrogen-bond acceptors (Lipinski definition) is 2. The molecule has 1 aromatic rings. The van der Waals surface area contributed by atoms with E-state index >= 15 is 0 Å². The van der Waals surface area contributed by atoms with Gasteiger partial charge in [0.1, 0.15) is 11.4 Å². The molecule has 1 aromatic carbocycles. The van der Waals surface area contributed by atoms with Gasteiger partial charge in [0.25, 0.3) is 5.91 Å². The summed E-state index contributed by atoms with van der Waals surface area (Å²) in [6.07, 6.45) is 2.16. The summed E-state index contributed by atoms with van der Waals surface area (Å²) in [5.41, 5.74) is -0.149. The first-order valence-electron chi connectivity index (χ1n) is 6.01. The number of carbonyl (C=O) groups is 1. The molecule has 0 bridgehead atoms. The van der Waals surface area contributed by atoms with E-state index in [1.807, 2.05) is 0 Å². The molecule has 1 saturated heterocycles. The minimum Gasteiger partial charge on any atom is -0.338 e. The summed E-state index contributed by atoms with van der Waals surface area (Å²) in [5.74, 6) is 0.0514. The number of amides is 1. The molecule has 18 heavy (non-hydrogen) atoms. The van der Waals surface area contributed by atoms with Crippen LogP contribution in [0.15, 0.2) is 29.3 Å². The maximum absolute atomic E-state index is 12.9. The molecule has 0 spiro atoms. The van der Waals surface area contributed by atoms with Crippen LogP contribution in [0, 0.1) is 5.82 Å². The second-order valence-corrected chi connectivity index (χ2v) is 4.92. The van der Waals surface area contributed by atoms with Crippen molar-refractivity contribution in [3.63, 3.8) is 0 Å². The van der Waals surface area contributed by atoms with E-state index < -0.39 is 5.54 Å². The van der Waals surface area contributed by atoms with E-state index in [4.69, 9.17) is 0 Å². The maximum atomic E-state index is 12.9. The summed E-state index contributed by atoms with van der Waals surface area (Å²) in [4.78, 5) is 16.4. The van der Waals surface area contributed by atoms with Gasteiger partial charge in [-0.15, -0.1) is 0 Å². The Morgan fingerprint density at radius 3 is 2.61 bits per heavy atom. The Labute approximate surface area is 104 Å². The highest BCUT2D eigenvalue weighted by Gasteiger charge is 2.42. The van der Waals surface area contributed by atoms with Gasteiger partial charge < -0.3 is 5.32 Å². The fourth-order valence-electron chi connectivity index (χ4n) is 1.99. The maximum Gasteiger partial charge on any atom is 0.256 e. The lowest BCUT2D eigenvalue weighted by molar-refractivity contribution is -0.123. The third-order valence-corrected chi connectivity index (χ3v) is 3.33. The zero-order valence-electron chi connectivity index (χ0n) is 10.0. The molecule has 2 N–H and O–H groups in total. The molecule has 2 aliphatic rings. The molecule has 0 radical (unpaired) electrons. The van der Waals surface area contributed by atoms with Crippen molar-refractivity contribution in [2.45, 2.75) is 31.3 Å². The first-order valence-corrected chi connectivity index (χ1v) is 6.01. The summed E-state index contributed by atoms with van der Waals surface area (Å²) in [6.45, 7) is 1.77. The first kappa shape index (κ1) is 11.2. The second-order valence-electron chi connectivity index (χ2n) is 4.92. The molecule has 1 aliphatic heterocycles. The van der Waals surface area contributed by atoms with Gasteiger partial charge >= 0.3 is 0 Å². The lowest BCUT2D eigenvalue weighted by Gasteiger charge is -2.21. The van der Waals surface area contributed by atoms with E-state index in [0.717, 1.165) is 18.4 Å². The monoisotopic (exact) mass is 247 g/mol. The number of halogens is 1. The Bertz CT molecular complexity index is 522. The molecule has 2 fully saturated rings. The van der Waals surface area contributed by atoms with Crippen LogP contribution in [0.2, 0.25) is 0 Å². The third kappa shape index (κ3) is 1.85. The number of benzene rings is 1. The van der Waals surface area contributed by atoms with Crippen LogP contribution >= 0.6 is 0 Å². The fourth-order valence-corrected chi connectivity index (χ4v) is 1.99. The molecule has 1 saturated carbocycles. The van der Waals surface area contributed by atoms with Crippen molar-refractivity contribution in [2.75, 3.05) is 0 Å². The first-order chi connectivity index (χ1) is 8.58. The number of aliphatic imine (C=N–C) groups is 1. The molecule has 5 heteroatoms. The van der Waals surface area contributed by atoms with Crippen molar-refractivity contribution < 1.29 is 9.18 Å². The van der Waals surface area contributed by atoms with E-state index in [1.165, 1.54) is 12.1 Å². The lowest BCUT2D eigenvalue weighted by atomic mass is 9.92. The molecular formula is C13H14FN3O. The summed E-state index contributed by atoms with van der Waals surface area (Å²) in [7, 11) is 0. The summed E-state index contributed by atoms with van der Waals surface area (Å²) < 4.78 is 12.9. The van der Waals surface area contributed by atoms with Gasteiger partial charge in [0, 0.05) is 0 Å². The SMILES string of the molecule is CC1(c2ccc(F)cc2)NC(=NC2CC2)NC1=O. The number of nitrogens with one attached hydrogen (secondary N) is 2. The highest BCUT2D eigenvalue weighted by atomic mass is 19.1. The Hall–Kier alpha value is -1.91. The third-order valence-electron chi connectivity index (χ3n) is 3.33. The van der Waals surface area contributed by atoms with E-state index in [2.05, 4.69) is 15.6 Å². The standard InChI is InChI=1S/C13H14FN3O/c1-13(8-2-4-9(14)5-3-8)11(18)16-12(17-13)15-10-6-7-10/h2-5,10H,6-7H2,1H3,(H2,15,16,17,18). The molecule has 1 unspecified atom stereocenters. The van der Waals surface area contributed by atoms with Crippen LogP contribution in [-0.4, -0.2) is 17.9 Å². The van der Waals surface area contributed by atoms with Gasteiger partial charge in [0.15, 0.2) is 5.96 Å². The molecular weight excluding hydrogens is 233 g/mol. The van der Waals surface area contributed by atoms with Gasteiger partial charge in [-0.2, -0.15) is 0 Å². The van der Waals surface area contributed by atoms with Crippen molar-refractivity contribution >= 4 is 11.9 Å². The Morgan fingerprint density at radius 2 is 2.00 bits per heavy atom. The van der Waals surface area contributed by atoms with Crippen LogP contribution in [-0.2, 0) is 10.3 Å². The van der Waals surface area contributed by atoms with Crippen molar-refractivity contribution in [3.05, 3.63) is 35.6 Å². The normalized spacial score (nSPS) is 29.2. The zero-order chi connectivity index (χ0) is 12.8. The lowest BCUT2D eigenvalue weighted by Crippen LogP contribution is -2.40. The number of hydrogen-bond donors (Lipinski definition) is 2. The summed E-state index contributed by atoms with van der Waals surface area (Å²) in [6, 6.07) is 6.27. The van der Waals surface area contributed by atoms with Crippen LogP contribution in [0.1, 0.15) is 25.3 Å². The van der Waals surface area contributed by atoms with Crippen LogP contribution in [0.3, 0.4) is 0 Å². The predicted octanol–water partition coefficient (Wildman–Crippen LogP) is 1.28. The van der Waals surface area contributed by atoms with Crippen molar-refractivity contribution in [1.82, 2.24) is 10.6 Å². The Balaban J connectivity index is 1.89. The number of nitrogens with zero attached hydrogens (tertiary/aromatic N) is 1. The summed E-state index contributed by atoms with van der Waals surface area (Å²) in [5, 5.41) is 5.83. The minimum atomic E-state index is -0.874. The van der Waals surface area contributed by atoms with Gasteiger partial charge in [0.2, 0.25) is 0 Å². The zero-order valence-corrected chi connectivity index (χ0v) is 10.0. The molecule has 3 rings (SSSR count). The van der Waals surface area contributed by atoms with Crippen LogP contribution in [0.25, 0.3) is 0 Å². The van der Waals surface area contributed by atoms with E-state index in [-0.39, 0.29) is 11.7 Å². The molecule has 0 aromatic heterocycles. The van der Waals surface area contributed by atoms with Crippen LogP contribution in [0.5, 0.6) is 0 Å². The molecule has 94 valence electrons. The van der Waals surface area contributed by atoms with Crippen molar-refractivity contribution in [1.29, 1.82) is 0 Å². The predicted molar refractivity (Wildman–Crippen MR) is 65.5 cm³/mol. The number of carbonyl (C=O) groups excluding carboxylic acids is 1. The number of rotatable bonds is 2. The van der Waals surface area contributed by atoms with Crippen molar-refractivity contribution in [2.24, 2.45) is 4.99 Å². The minimum absolute atomic E-state index is 0.159. The fraction of sp³-hybridized carbons (Fsp3) is 0.385. The average molecular weight is 247 g/mol. The number of guanidine groups is 1. The van der Waals surface area contributed by atoms with Gasteiger partial charge in [-0.1, -0.05) is 12.1 Å². The van der Waals surface area contributed by atoms with Crippen LogP contribution in [0.4, 0.5) is 4.39 Å². The quantitative estimate of drug-likeness (QED) is 0.827. The highest BCUT2D eigenvalue weighted by molar-refractivity contribution is 6.09. The average Bonchev–Trinajstić information content (AvgIpc) is 3.08. The van der Waals surface area contributed by atoms with E-state index in [0.29, 0.717) is 12.0 Å². The van der Waals surface area contributed by atoms with Gasteiger partial charge in [-0.05, 0) is 37.5 Å². The molecule has 1 atom stereocenters. The molecule has 1 aliphatic carbocycles. The van der Waals surface area contributed by atoms with Crippen molar-refractivity contribution in [3.8, 4) is 0 Å². The topological polar surface area (TPSA) is 53.5 Å². The summed E-state index contributed by atoms with van der Waals surface area (Å²) >= 11 is 0. The Kier molecular flexibility index (Phi) is 2.36. The smallest absolute Gasteiger partial charge is 0.256 e. The highest BCUT2D eigenvalue weighted by Crippen LogP contribution is 2.27. The molecule has 1 heterocycles. The van der Waals surface area contributed by atoms with E-state index in [1.54, 1.807) is 19.1 Å². The van der Waals surface area contributed by atoms with Gasteiger partial charge in [-0.25, -0.2) is 9.38 Å². The van der Waals surface area contributed by atoms with E-state index in [9.17, 15) is 9.18 Å². The van der Waals surface area contributed by atoms with Crippen LogP contribution < -0.4 is 10.6 Å². The molecule has 4 nitrogen and oxygen atoms in total. The molecule has 1 amide bonds.